The third-order valence-electron chi connectivity index (χ3n) is 8.54. The molecule has 3 N–H and O–H groups in total. The van der Waals surface area contributed by atoms with Crippen LogP contribution in [0.4, 0.5) is 4.79 Å². The van der Waals surface area contributed by atoms with E-state index in [4.69, 9.17) is 9.47 Å². The number of H-pyrrole nitrogens is 1. The minimum atomic E-state index is -1.35. The molecule has 5 aromatic rings. The van der Waals surface area contributed by atoms with Gasteiger partial charge in [-0.2, -0.15) is 0 Å². The zero-order chi connectivity index (χ0) is 31.0. The number of ether oxygens (including phenoxy) is 2. The third-order valence-corrected chi connectivity index (χ3v) is 8.54. The molecule has 1 aliphatic heterocycles. The Morgan fingerprint density at radius 1 is 0.867 bits per heavy atom. The van der Waals surface area contributed by atoms with E-state index in [9.17, 15) is 14.7 Å². The molecule has 0 spiro atoms. The van der Waals surface area contributed by atoms with E-state index in [2.05, 4.69) is 27.3 Å². The number of nitrogens with one attached hydrogen (secondary N) is 2. The fourth-order valence-electron chi connectivity index (χ4n) is 6.28. The Morgan fingerprint density at radius 2 is 1.64 bits per heavy atom. The number of aromatic amines is 1. The number of hydrogen-bond acceptors (Lipinski definition) is 5. The van der Waals surface area contributed by atoms with Gasteiger partial charge in [-0.1, -0.05) is 66.7 Å². The average molecular weight is 606 g/mol. The predicted octanol–water partition coefficient (Wildman–Crippen LogP) is 7.00. The zero-order valence-electron chi connectivity index (χ0n) is 25.4. The second-order valence-electron chi connectivity index (χ2n) is 11.6. The van der Waals surface area contributed by atoms with Gasteiger partial charge in [0.15, 0.2) is 0 Å². The average Bonchev–Trinajstić information content (AvgIpc) is 3.70. The van der Waals surface area contributed by atoms with E-state index in [0.717, 1.165) is 70.2 Å². The van der Waals surface area contributed by atoms with Gasteiger partial charge in [-0.05, 0) is 86.3 Å². The maximum atomic E-state index is 12.8. The topological polar surface area (TPSA) is 104 Å². The van der Waals surface area contributed by atoms with Crippen LogP contribution >= 0.6 is 0 Å². The summed E-state index contributed by atoms with van der Waals surface area (Å²) in [5.41, 5.74) is 4.48. The number of amides is 1. The number of fused-ring (bicyclic) bond motifs is 2. The number of benzene rings is 4. The molecule has 45 heavy (non-hydrogen) atoms. The molecule has 8 heteroatoms. The van der Waals surface area contributed by atoms with Crippen molar-refractivity contribution in [3.05, 3.63) is 107 Å². The highest BCUT2D eigenvalue weighted by Gasteiger charge is 2.18. The first-order valence-corrected chi connectivity index (χ1v) is 15.8. The number of aromatic nitrogens is 1. The van der Waals surface area contributed by atoms with E-state index in [1.54, 1.807) is 0 Å². The Morgan fingerprint density at radius 3 is 2.51 bits per heavy atom. The van der Waals surface area contributed by atoms with Gasteiger partial charge in [-0.15, -0.1) is 0 Å². The number of carbonyl (C=O) groups is 2. The van der Waals surface area contributed by atoms with E-state index in [1.807, 2.05) is 72.8 Å². The maximum absolute atomic E-state index is 12.8. The van der Waals surface area contributed by atoms with Crippen LogP contribution in [0.5, 0.6) is 11.6 Å². The fraction of sp³-hybridized carbons (Fsp3) is 0.297. The number of carbonyl (C=O) groups excluding carboxylic acids is 1. The molecule has 232 valence electrons. The summed E-state index contributed by atoms with van der Waals surface area (Å²) in [7, 11) is 0. The molecule has 0 atom stereocenters. The second kappa shape index (κ2) is 14.3. The molecular formula is C37H39N3O5. The molecule has 0 radical (unpaired) electrons. The summed E-state index contributed by atoms with van der Waals surface area (Å²) in [6, 6.07) is 28.0. The van der Waals surface area contributed by atoms with Crippen molar-refractivity contribution in [2.45, 2.75) is 38.5 Å². The number of aryl methyl sites for hydroxylation is 3. The summed E-state index contributed by atoms with van der Waals surface area (Å²) in [4.78, 5) is 30.0. The number of rotatable bonds is 13. The molecule has 1 fully saturated rings. The van der Waals surface area contributed by atoms with Crippen molar-refractivity contribution < 1.29 is 24.2 Å². The molecule has 8 nitrogen and oxygen atoms in total. The van der Waals surface area contributed by atoms with Crippen LogP contribution in [0.15, 0.2) is 84.9 Å². The first-order chi connectivity index (χ1) is 22.0. The van der Waals surface area contributed by atoms with Gasteiger partial charge in [0.25, 0.3) is 5.91 Å². The molecule has 4 aromatic carbocycles. The highest BCUT2D eigenvalue weighted by molar-refractivity contribution is 5.94. The maximum Gasteiger partial charge on any atom is 0.512 e. The van der Waals surface area contributed by atoms with Crippen molar-refractivity contribution >= 4 is 33.7 Å². The Balaban J connectivity index is 1.11. The van der Waals surface area contributed by atoms with Crippen LogP contribution in [-0.2, 0) is 19.3 Å². The summed E-state index contributed by atoms with van der Waals surface area (Å²) in [6.45, 7) is 4.25. The molecule has 1 saturated heterocycles. The minimum Gasteiger partial charge on any atom is -0.493 e. The first kappa shape index (κ1) is 30.2. The number of hydrogen-bond donors (Lipinski definition) is 3. The van der Waals surface area contributed by atoms with Gasteiger partial charge in [0.1, 0.15) is 5.75 Å². The van der Waals surface area contributed by atoms with Crippen molar-refractivity contribution in [3.63, 3.8) is 0 Å². The van der Waals surface area contributed by atoms with Crippen LogP contribution in [0.1, 0.15) is 46.3 Å². The van der Waals surface area contributed by atoms with Crippen LogP contribution in [0, 0.1) is 0 Å². The summed E-state index contributed by atoms with van der Waals surface area (Å²) in [5, 5.41) is 15.6. The van der Waals surface area contributed by atoms with E-state index in [0.29, 0.717) is 38.0 Å². The summed E-state index contributed by atoms with van der Waals surface area (Å²) in [6.07, 6.45) is 3.84. The Hall–Kier alpha value is -4.82. The number of nitrogens with zero attached hydrogens (tertiary/aromatic N) is 1. The Kier molecular flexibility index (Phi) is 9.61. The highest BCUT2D eigenvalue weighted by atomic mass is 16.7. The smallest absolute Gasteiger partial charge is 0.493 e. The van der Waals surface area contributed by atoms with Gasteiger partial charge in [0.2, 0.25) is 5.88 Å². The fourth-order valence-corrected chi connectivity index (χ4v) is 6.28. The van der Waals surface area contributed by atoms with Gasteiger partial charge in [-0.3, -0.25) is 4.79 Å². The SMILES string of the molecule is O=C(O)Oc1[nH]c2c(CCc3cccc(C(=O)NCCN4CCCC4)c3)cccc2c1CCCOc1cccc2ccccc12. The van der Waals surface area contributed by atoms with E-state index in [-0.39, 0.29) is 11.8 Å². The molecule has 1 aliphatic rings. The monoisotopic (exact) mass is 605 g/mol. The molecule has 0 saturated carbocycles. The summed E-state index contributed by atoms with van der Waals surface area (Å²) < 4.78 is 11.3. The van der Waals surface area contributed by atoms with Crippen molar-refractivity contribution in [1.29, 1.82) is 0 Å². The Bertz CT molecular complexity index is 1780. The molecule has 0 bridgehead atoms. The molecule has 6 rings (SSSR count). The molecule has 1 amide bonds. The molecular weight excluding hydrogens is 566 g/mol. The van der Waals surface area contributed by atoms with Gasteiger partial charge in [0, 0.05) is 35.0 Å². The lowest BCUT2D eigenvalue weighted by Crippen LogP contribution is -2.33. The van der Waals surface area contributed by atoms with E-state index >= 15 is 0 Å². The Labute approximate surface area is 263 Å². The molecule has 0 aliphatic carbocycles. The highest BCUT2D eigenvalue weighted by Crippen LogP contribution is 2.32. The van der Waals surface area contributed by atoms with Crippen molar-refractivity contribution in [3.8, 4) is 11.6 Å². The van der Waals surface area contributed by atoms with Crippen LogP contribution in [0.25, 0.3) is 21.7 Å². The van der Waals surface area contributed by atoms with E-state index < -0.39 is 6.16 Å². The number of likely N-dealkylation sites (tertiary alicyclic amines) is 1. The van der Waals surface area contributed by atoms with Gasteiger partial charge in [-0.25, -0.2) is 4.79 Å². The molecule has 2 heterocycles. The van der Waals surface area contributed by atoms with Gasteiger partial charge < -0.3 is 29.8 Å². The molecule has 1 aromatic heterocycles. The van der Waals surface area contributed by atoms with Crippen molar-refractivity contribution in [1.82, 2.24) is 15.2 Å². The van der Waals surface area contributed by atoms with Gasteiger partial charge in [0.05, 0.1) is 12.1 Å². The van der Waals surface area contributed by atoms with E-state index in [1.165, 1.54) is 12.8 Å². The third kappa shape index (κ3) is 7.46. The minimum absolute atomic E-state index is 0.0490. The summed E-state index contributed by atoms with van der Waals surface area (Å²) >= 11 is 0. The van der Waals surface area contributed by atoms with Crippen LogP contribution < -0.4 is 14.8 Å². The van der Waals surface area contributed by atoms with Gasteiger partial charge >= 0.3 is 6.16 Å². The lowest BCUT2D eigenvalue weighted by Gasteiger charge is -2.14. The van der Waals surface area contributed by atoms with Crippen LogP contribution in [-0.4, -0.2) is 59.8 Å². The summed E-state index contributed by atoms with van der Waals surface area (Å²) in [5.74, 6) is 1.04. The van der Waals surface area contributed by atoms with Crippen molar-refractivity contribution in [2.24, 2.45) is 0 Å². The number of para-hydroxylation sites is 1. The normalized spacial score (nSPS) is 13.3. The first-order valence-electron chi connectivity index (χ1n) is 15.8. The number of carboxylic acid groups (broad SMARTS) is 1. The van der Waals surface area contributed by atoms with Crippen molar-refractivity contribution in [2.75, 3.05) is 32.8 Å². The standard InChI is InChI=1S/C37H39N3O5/c41-35(38-20-23-40-21-3-4-22-40)29-13-5-9-26(25-29)18-19-28-12-6-15-31-32(36(39-34(28)31)45-37(42)43)16-8-24-44-33-17-7-11-27-10-1-2-14-30(27)33/h1-2,5-7,9-15,17,25,39H,3-4,8,16,18-24H2,(H,38,41)(H,42,43). The second-order valence-corrected chi connectivity index (χ2v) is 11.6. The lowest BCUT2D eigenvalue weighted by atomic mass is 9.99. The quantitative estimate of drug-likeness (QED) is 0.0986. The largest absolute Gasteiger partial charge is 0.512 e. The molecule has 0 unspecified atom stereocenters. The van der Waals surface area contributed by atoms with Crippen LogP contribution in [0.3, 0.4) is 0 Å². The lowest BCUT2D eigenvalue weighted by molar-refractivity contribution is 0.0949. The predicted molar refractivity (Wildman–Crippen MR) is 177 cm³/mol. The zero-order valence-corrected chi connectivity index (χ0v) is 25.4. The van der Waals surface area contributed by atoms with Crippen LogP contribution in [0.2, 0.25) is 0 Å².